The Labute approximate surface area is 315 Å². The average molecular weight is 707 g/mol. The smallest absolute Gasteiger partial charge is 0.744 e. The zero-order valence-electron chi connectivity index (χ0n) is 25.6. The SMILES string of the molecule is O=[N+]([O-])c1ccc(/C=C/c2ccc(N=[N+]([O-])c3ccc(N=Nc4ccc(S(=O)(=O)[O-])cc4)cc3)cc2S(=O)(=O)[O-])c(S(=O)(=O)[O-])c1.[Li+].[Li+].[Li+]. The molecule has 0 saturated heterocycles. The number of non-ortho nitro benzene ring substituents is 1. The summed E-state index contributed by atoms with van der Waals surface area (Å²) in [6.07, 6.45) is 1.97. The van der Waals surface area contributed by atoms with Gasteiger partial charge in [0.1, 0.15) is 36.0 Å². The minimum Gasteiger partial charge on any atom is -0.744 e. The minimum absolute atomic E-state index is 0. The molecule has 4 aromatic rings. The number of benzene rings is 4. The van der Waals surface area contributed by atoms with Crippen molar-refractivity contribution in [3.05, 3.63) is 111 Å². The molecular formula is C26H16Li3N5O12S3. The van der Waals surface area contributed by atoms with E-state index < -0.39 is 55.7 Å². The molecule has 0 N–H and O–H groups in total. The van der Waals surface area contributed by atoms with E-state index >= 15 is 0 Å². The molecule has 0 saturated carbocycles. The first-order valence-electron chi connectivity index (χ1n) is 12.2. The van der Waals surface area contributed by atoms with Crippen molar-refractivity contribution in [1.82, 2.24) is 0 Å². The van der Waals surface area contributed by atoms with E-state index in [1.54, 1.807) is 0 Å². The fourth-order valence-electron chi connectivity index (χ4n) is 3.71. The molecule has 17 nitrogen and oxygen atoms in total. The second-order valence-corrected chi connectivity index (χ2v) is 13.1. The molecule has 0 aliphatic carbocycles. The molecule has 0 aliphatic rings. The Morgan fingerprint density at radius 1 is 0.531 bits per heavy atom. The Morgan fingerprint density at radius 3 is 1.39 bits per heavy atom. The van der Waals surface area contributed by atoms with Gasteiger partial charge >= 0.3 is 56.6 Å². The van der Waals surface area contributed by atoms with Gasteiger partial charge < -0.3 is 18.9 Å². The Kier molecular flexibility index (Phi) is 15.5. The fourth-order valence-corrected chi connectivity index (χ4v) is 5.56. The zero-order valence-corrected chi connectivity index (χ0v) is 28.0. The van der Waals surface area contributed by atoms with E-state index in [1.807, 2.05) is 0 Å². The number of rotatable bonds is 10. The first-order chi connectivity index (χ1) is 21.4. The van der Waals surface area contributed by atoms with Crippen LogP contribution in [0.15, 0.2) is 115 Å². The molecule has 0 heterocycles. The van der Waals surface area contributed by atoms with Crippen molar-refractivity contribution >= 4 is 70.9 Å². The van der Waals surface area contributed by atoms with Gasteiger partial charge in [0.2, 0.25) is 5.69 Å². The maximum Gasteiger partial charge on any atom is 1.00 e. The molecule has 0 bridgehead atoms. The Balaban J connectivity index is 0.00000400. The summed E-state index contributed by atoms with van der Waals surface area (Å²) in [5.74, 6) is 0. The quantitative estimate of drug-likeness (QED) is 0.0289. The van der Waals surface area contributed by atoms with E-state index in [-0.39, 0.29) is 95.3 Å². The van der Waals surface area contributed by atoms with Crippen molar-refractivity contribution in [1.29, 1.82) is 0 Å². The van der Waals surface area contributed by atoms with Gasteiger partial charge in [-0.25, -0.2) is 25.3 Å². The van der Waals surface area contributed by atoms with E-state index in [1.165, 1.54) is 42.5 Å². The van der Waals surface area contributed by atoms with Crippen LogP contribution in [0.5, 0.6) is 0 Å². The van der Waals surface area contributed by atoms with Crippen LogP contribution in [0.3, 0.4) is 0 Å². The predicted molar refractivity (Wildman–Crippen MR) is 155 cm³/mol. The van der Waals surface area contributed by atoms with Gasteiger partial charge in [0.15, 0.2) is 0 Å². The molecule has 0 amide bonds. The van der Waals surface area contributed by atoms with Gasteiger partial charge in [-0.1, -0.05) is 23.1 Å². The van der Waals surface area contributed by atoms with Crippen molar-refractivity contribution in [3.8, 4) is 0 Å². The first kappa shape index (κ1) is 43.6. The summed E-state index contributed by atoms with van der Waals surface area (Å²) in [5.41, 5.74) is -1.04. The van der Waals surface area contributed by atoms with Crippen molar-refractivity contribution in [3.63, 3.8) is 0 Å². The van der Waals surface area contributed by atoms with Gasteiger partial charge in [0.25, 0.3) is 5.69 Å². The van der Waals surface area contributed by atoms with Gasteiger partial charge in [-0.3, -0.25) is 10.1 Å². The molecule has 0 aromatic heterocycles. The van der Waals surface area contributed by atoms with Crippen LogP contribution in [0.25, 0.3) is 12.2 Å². The molecular weight excluding hydrogens is 691 g/mol. The second-order valence-electron chi connectivity index (χ2n) is 8.98. The molecule has 23 heteroatoms. The molecule has 49 heavy (non-hydrogen) atoms. The van der Waals surface area contributed by atoms with E-state index in [2.05, 4.69) is 15.3 Å². The number of hydrogen-bond acceptors (Lipinski definition) is 15. The van der Waals surface area contributed by atoms with Crippen molar-refractivity contribution in [2.24, 2.45) is 15.3 Å². The molecule has 4 aromatic carbocycles. The number of nitro groups is 1. The molecule has 0 fully saturated rings. The summed E-state index contributed by atoms with van der Waals surface area (Å²) < 4.78 is 104. The Bertz CT molecular complexity index is 2270. The number of nitrogens with zero attached hydrogens (tertiary/aromatic N) is 5. The van der Waals surface area contributed by atoms with Crippen LogP contribution in [0.1, 0.15) is 11.1 Å². The number of nitro benzene ring substituents is 1. The largest absolute Gasteiger partial charge is 1.00 e. The normalized spacial score (nSPS) is 12.2. The third-order valence-corrected chi connectivity index (χ3v) is 8.50. The van der Waals surface area contributed by atoms with Crippen LogP contribution < -0.4 is 56.6 Å². The van der Waals surface area contributed by atoms with Gasteiger partial charge in [-0.2, -0.15) is 10.2 Å². The van der Waals surface area contributed by atoms with Crippen LogP contribution in [-0.2, 0) is 30.4 Å². The van der Waals surface area contributed by atoms with E-state index in [0.29, 0.717) is 6.07 Å². The maximum atomic E-state index is 12.6. The second kappa shape index (κ2) is 17.5. The maximum absolute atomic E-state index is 12.6. The fraction of sp³-hybridized carbons (Fsp3) is 0. The van der Waals surface area contributed by atoms with Gasteiger partial charge in [0, 0.05) is 29.4 Å². The minimum atomic E-state index is -5.18. The summed E-state index contributed by atoms with van der Waals surface area (Å²) in [6, 6.07) is 15.5. The summed E-state index contributed by atoms with van der Waals surface area (Å²) in [6.45, 7) is 0. The molecule has 0 atom stereocenters. The van der Waals surface area contributed by atoms with Gasteiger partial charge in [-0.15, -0.1) is 0 Å². The van der Waals surface area contributed by atoms with Crippen LogP contribution in [0.2, 0.25) is 0 Å². The predicted octanol–water partition coefficient (Wildman–Crippen LogP) is -4.17. The standard InChI is InChI=1S/C26H19N5O12S3.3Li/c32-30(22-11-6-19(7-12-22)27-28-20-8-13-24(14-9-20)44(35,36)37)29-21-5-3-17(25(15-21)45(38,39)40)1-2-18-4-10-23(31(33)34)16-26(18)46(41,42)43;;;/h1-16H,(H,35,36,37)(H,38,39,40)(H,41,42,43);;;/q;3*+1/p-3/b2-1+,28-27?,30-29?;;;. The van der Waals surface area contributed by atoms with Crippen LogP contribution in [0, 0.1) is 15.3 Å². The van der Waals surface area contributed by atoms with Gasteiger partial charge in [-0.05, 0) is 65.7 Å². The summed E-state index contributed by atoms with van der Waals surface area (Å²) in [5, 5.41) is 35.1. The molecule has 0 aliphatic heterocycles. The average Bonchev–Trinajstić information content (AvgIpc) is 2.98. The summed E-state index contributed by atoms with van der Waals surface area (Å²) in [7, 11) is -15.0. The Hall–Kier alpha value is -3.46. The molecule has 0 radical (unpaired) electrons. The van der Waals surface area contributed by atoms with Crippen molar-refractivity contribution in [2.75, 3.05) is 0 Å². The van der Waals surface area contributed by atoms with E-state index in [4.69, 9.17) is 0 Å². The molecule has 238 valence electrons. The van der Waals surface area contributed by atoms with Gasteiger partial charge in [0.05, 0.1) is 31.0 Å². The molecule has 4 rings (SSSR count). The zero-order chi connectivity index (χ0) is 33.9. The van der Waals surface area contributed by atoms with Crippen LogP contribution in [-0.4, -0.2) is 48.7 Å². The van der Waals surface area contributed by atoms with Crippen molar-refractivity contribution < 1.29 is 105 Å². The first-order valence-corrected chi connectivity index (χ1v) is 16.4. The van der Waals surface area contributed by atoms with Crippen LogP contribution >= 0.6 is 0 Å². The Morgan fingerprint density at radius 2 is 0.939 bits per heavy atom. The topological polar surface area (TPSA) is 278 Å². The summed E-state index contributed by atoms with van der Waals surface area (Å²) >= 11 is 0. The van der Waals surface area contributed by atoms with E-state index in [0.717, 1.165) is 48.6 Å². The third-order valence-electron chi connectivity index (χ3n) is 5.87. The van der Waals surface area contributed by atoms with Crippen molar-refractivity contribution in [2.45, 2.75) is 14.7 Å². The van der Waals surface area contributed by atoms with Crippen LogP contribution in [0.4, 0.5) is 28.4 Å². The molecule has 0 spiro atoms. The summed E-state index contributed by atoms with van der Waals surface area (Å²) in [4.78, 5) is 7.96. The monoisotopic (exact) mass is 707 g/mol. The molecule has 0 unspecified atom stereocenters. The number of hydrogen-bond donors (Lipinski definition) is 0. The third kappa shape index (κ3) is 11.8. The number of azo groups is 2. The van der Waals surface area contributed by atoms with E-state index in [9.17, 15) is 54.2 Å².